The molecule has 0 aromatic carbocycles. The van der Waals surface area contributed by atoms with Gasteiger partial charge in [0.15, 0.2) is 0 Å². The van der Waals surface area contributed by atoms with Gasteiger partial charge in [0, 0.05) is 18.1 Å². The first-order chi connectivity index (χ1) is 7.22. The van der Waals surface area contributed by atoms with Gasteiger partial charge in [0.2, 0.25) is 0 Å². The standard InChI is InChI=1S/C11H24N2.C2H6/c1-4-12-10-5-7-11(8-6-10)13-9(2)3;1-2/h9-13H,4-8H2,1-3H3;1-2H3. The van der Waals surface area contributed by atoms with Crippen LogP contribution in [0.3, 0.4) is 0 Å². The lowest BCUT2D eigenvalue weighted by Gasteiger charge is -2.30. The summed E-state index contributed by atoms with van der Waals surface area (Å²) in [6.07, 6.45) is 5.38. The molecule has 0 bridgehead atoms. The lowest BCUT2D eigenvalue weighted by atomic mass is 9.91. The molecule has 0 amide bonds. The maximum atomic E-state index is 3.62. The maximum absolute atomic E-state index is 3.62. The van der Waals surface area contributed by atoms with Crippen molar-refractivity contribution in [3.05, 3.63) is 0 Å². The fourth-order valence-electron chi connectivity index (χ4n) is 2.22. The molecule has 1 fully saturated rings. The number of rotatable bonds is 4. The third-order valence-electron chi connectivity index (χ3n) is 2.79. The highest BCUT2D eigenvalue weighted by atomic mass is 15.0. The fourth-order valence-corrected chi connectivity index (χ4v) is 2.22. The molecule has 0 atom stereocenters. The van der Waals surface area contributed by atoms with E-state index in [1.54, 1.807) is 0 Å². The molecule has 1 aliphatic carbocycles. The summed E-state index contributed by atoms with van der Waals surface area (Å²) in [4.78, 5) is 0. The van der Waals surface area contributed by atoms with Crippen LogP contribution in [0, 0.1) is 0 Å². The molecule has 2 heteroatoms. The zero-order valence-corrected chi connectivity index (χ0v) is 11.3. The molecule has 0 spiro atoms. The van der Waals surface area contributed by atoms with Gasteiger partial charge in [0.1, 0.15) is 0 Å². The molecular formula is C13H30N2. The lowest BCUT2D eigenvalue weighted by Crippen LogP contribution is -2.42. The van der Waals surface area contributed by atoms with E-state index in [0.29, 0.717) is 6.04 Å². The van der Waals surface area contributed by atoms with Gasteiger partial charge >= 0.3 is 0 Å². The SMILES string of the molecule is CC.CCNC1CCC(NC(C)C)CC1. The maximum Gasteiger partial charge on any atom is 0.00705 e. The number of hydrogen-bond donors (Lipinski definition) is 2. The van der Waals surface area contributed by atoms with E-state index in [9.17, 15) is 0 Å². The molecule has 1 saturated carbocycles. The van der Waals surface area contributed by atoms with Crippen LogP contribution < -0.4 is 10.6 Å². The van der Waals surface area contributed by atoms with Gasteiger partial charge in [-0.3, -0.25) is 0 Å². The van der Waals surface area contributed by atoms with Crippen molar-refractivity contribution < 1.29 is 0 Å². The Bertz CT molecular complexity index is 126. The van der Waals surface area contributed by atoms with Gasteiger partial charge in [-0.2, -0.15) is 0 Å². The van der Waals surface area contributed by atoms with Gasteiger partial charge in [-0.05, 0) is 32.2 Å². The van der Waals surface area contributed by atoms with Gasteiger partial charge < -0.3 is 10.6 Å². The second-order valence-electron chi connectivity index (χ2n) is 4.43. The minimum absolute atomic E-state index is 0.640. The molecule has 0 aromatic rings. The third kappa shape index (κ3) is 6.91. The van der Waals surface area contributed by atoms with Crippen LogP contribution in [0.15, 0.2) is 0 Å². The molecule has 92 valence electrons. The molecule has 0 heterocycles. The topological polar surface area (TPSA) is 24.1 Å². The Morgan fingerprint density at radius 3 is 1.87 bits per heavy atom. The van der Waals surface area contributed by atoms with E-state index < -0.39 is 0 Å². The monoisotopic (exact) mass is 214 g/mol. The Morgan fingerprint density at radius 1 is 1.00 bits per heavy atom. The molecule has 0 radical (unpaired) electrons. The number of nitrogens with one attached hydrogen (secondary N) is 2. The zero-order valence-electron chi connectivity index (χ0n) is 11.3. The van der Waals surface area contributed by atoms with E-state index in [-0.39, 0.29) is 0 Å². The van der Waals surface area contributed by atoms with E-state index >= 15 is 0 Å². The Morgan fingerprint density at radius 2 is 1.47 bits per heavy atom. The Balaban J connectivity index is 0.000000921. The van der Waals surface area contributed by atoms with Gasteiger partial charge in [0.05, 0.1) is 0 Å². The van der Waals surface area contributed by atoms with Crippen LogP contribution in [0.5, 0.6) is 0 Å². The summed E-state index contributed by atoms with van der Waals surface area (Å²) in [6, 6.07) is 2.20. The van der Waals surface area contributed by atoms with Gasteiger partial charge in [0.25, 0.3) is 0 Å². The molecular weight excluding hydrogens is 184 g/mol. The highest BCUT2D eigenvalue weighted by Crippen LogP contribution is 2.18. The first-order valence-corrected chi connectivity index (χ1v) is 6.71. The van der Waals surface area contributed by atoms with E-state index in [1.807, 2.05) is 13.8 Å². The summed E-state index contributed by atoms with van der Waals surface area (Å²) < 4.78 is 0. The normalized spacial score (nSPS) is 26.0. The first kappa shape index (κ1) is 14.9. The van der Waals surface area contributed by atoms with Crippen LogP contribution in [-0.2, 0) is 0 Å². The first-order valence-electron chi connectivity index (χ1n) is 6.71. The van der Waals surface area contributed by atoms with Crippen molar-refractivity contribution in [3.63, 3.8) is 0 Å². The van der Waals surface area contributed by atoms with Crippen LogP contribution in [0.25, 0.3) is 0 Å². The van der Waals surface area contributed by atoms with Gasteiger partial charge in [-0.1, -0.05) is 34.6 Å². The van der Waals surface area contributed by atoms with Crippen LogP contribution in [0.2, 0.25) is 0 Å². The van der Waals surface area contributed by atoms with Crippen LogP contribution in [0.4, 0.5) is 0 Å². The Hall–Kier alpha value is -0.0800. The molecule has 0 unspecified atom stereocenters. The van der Waals surface area contributed by atoms with Gasteiger partial charge in [-0.25, -0.2) is 0 Å². The minimum Gasteiger partial charge on any atom is -0.314 e. The zero-order chi connectivity index (χ0) is 11.7. The smallest absolute Gasteiger partial charge is 0.00705 e. The summed E-state index contributed by atoms with van der Waals surface area (Å²) in [6.45, 7) is 11.8. The quantitative estimate of drug-likeness (QED) is 0.752. The largest absolute Gasteiger partial charge is 0.314 e. The highest BCUT2D eigenvalue weighted by Gasteiger charge is 2.20. The summed E-state index contributed by atoms with van der Waals surface area (Å²) >= 11 is 0. The molecule has 0 aromatic heterocycles. The molecule has 0 aliphatic heterocycles. The molecule has 2 nitrogen and oxygen atoms in total. The van der Waals surface area contributed by atoms with Crippen molar-refractivity contribution in [3.8, 4) is 0 Å². The molecule has 15 heavy (non-hydrogen) atoms. The predicted molar refractivity (Wildman–Crippen MR) is 69.3 cm³/mol. The second-order valence-corrected chi connectivity index (χ2v) is 4.43. The van der Waals surface area contributed by atoms with E-state index in [2.05, 4.69) is 31.4 Å². The van der Waals surface area contributed by atoms with Crippen LogP contribution in [-0.4, -0.2) is 24.7 Å². The lowest BCUT2D eigenvalue weighted by molar-refractivity contribution is 0.299. The highest BCUT2D eigenvalue weighted by molar-refractivity contribution is 4.81. The molecule has 1 rings (SSSR count). The van der Waals surface area contributed by atoms with E-state index in [4.69, 9.17) is 0 Å². The van der Waals surface area contributed by atoms with Crippen molar-refractivity contribution >= 4 is 0 Å². The molecule has 1 aliphatic rings. The Kier molecular flexibility index (Phi) is 9.12. The van der Waals surface area contributed by atoms with Crippen molar-refractivity contribution in [2.45, 2.75) is 78.4 Å². The summed E-state index contributed by atoms with van der Waals surface area (Å²) in [5.41, 5.74) is 0. The number of hydrogen-bond acceptors (Lipinski definition) is 2. The summed E-state index contributed by atoms with van der Waals surface area (Å²) in [7, 11) is 0. The van der Waals surface area contributed by atoms with Crippen LogP contribution in [0.1, 0.15) is 60.3 Å². The van der Waals surface area contributed by atoms with Gasteiger partial charge in [-0.15, -0.1) is 0 Å². The summed E-state index contributed by atoms with van der Waals surface area (Å²) in [5.74, 6) is 0. The molecule has 0 saturated heterocycles. The second kappa shape index (κ2) is 9.17. The van der Waals surface area contributed by atoms with Crippen molar-refractivity contribution in [1.82, 2.24) is 10.6 Å². The third-order valence-corrected chi connectivity index (χ3v) is 2.79. The predicted octanol–water partition coefficient (Wildman–Crippen LogP) is 2.93. The van der Waals surface area contributed by atoms with E-state index in [1.165, 1.54) is 25.7 Å². The fraction of sp³-hybridized carbons (Fsp3) is 1.00. The van der Waals surface area contributed by atoms with E-state index in [0.717, 1.165) is 18.6 Å². The van der Waals surface area contributed by atoms with Crippen LogP contribution >= 0.6 is 0 Å². The van der Waals surface area contributed by atoms with Crippen molar-refractivity contribution in [2.24, 2.45) is 0 Å². The average Bonchev–Trinajstić information content (AvgIpc) is 2.24. The average molecular weight is 214 g/mol. The summed E-state index contributed by atoms with van der Waals surface area (Å²) in [5, 5.41) is 7.15. The molecule has 2 N–H and O–H groups in total. The van der Waals surface area contributed by atoms with Crippen molar-refractivity contribution in [1.29, 1.82) is 0 Å². The van der Waals surface area contributed by atoms with Crippen molar-refractivity contribution in [2.75, 3.05) is 6.54 Å². The Labute approximate surface area is 96.2 Å². The minimum atomic E-state index is 0.640.